The molecule has 7 nitrogen and oxygen atoms in total. The highest BCUT2D eigenvalue weighted by Crippen LogP contribution is 2.17. The van der Waals surface area contributed by atoms with Crippen molar-refractivity contribution in [1.82, 2.24) is 30.0 Å². The van der Waals surface area contributed by atoms with Gasteiger partial charge in [-0.2, -0.15) is 5.10 Å². The van der Waals surface area contributed by atoms with Gasteiger partial charge >= 0.3 is 0 Å². The third-order valence-corrected chi connectivity index (χ3v) is 3.90. The first-order chi connectivity index (χ1) is 10.8. The van der Waals surface area contributed by atoms with E-state index in [2.05, 4.69) is 25.3 Å². The number of carbonyl (C=O) groups excluding carboxylic acids is 1. The number of hydrogen-bond acceptors (Lipinski definition) is 5. The van der Waals surface area contributed by atoms with Crippen molar-refractivity contribution in [2.45, 2.75) is 32.0 Å². The number of rotatable bonds is 6. The molecule has 0 aromatic carbocycles. The van der Waals surface area contributed by atoms with E-state index in [0.29, 0.717) is 19.1 Å². The number of amides is 1. The van der Waals surface area contributed by atoms with E-state index in [0.717, 1.165) is 31.6 Å². The molecule has 0 radical (unpaired) electrons. The van der Waals surface area contributed by atoms with Crippen molar-refractivity contribution in [2.24, 2.45) is 0 Å². The fraction of sp³-hybridized carbons (Fsp3) is 0.467. The molecule has 1 saturated heterocycles. The second kappa shape index (κ2) is 7.13. The lowest BCUT2D eigenvalue weighted by Gasteiger charge is -2.23. The van der Waals surface area contributed by atoms with E-state index in [4.69, 9.17) is 0 Å². The molecule has 7 heteroatoms. The van der Waals surface area contributed by atoms with Crippen LogP contribution in [0.15, 0.2) is 37.1 Å². The van der Waals surface area contributed by atoms with Gasteiger partial charge in [-0.3, -0.25) is 19.4 Å². The Labute approximate surface area is 129 Å². The van der Waals surface area contributed by atoms with Gasteiger partial charge in [0.25, 0.3) is 0 Å². The number of hydrogen-bond donors (Lipinski definition) is 1. The molecule has 0 aliphatic carbocycles. The maximum absolute atomic E-state index is 12.1. The quantitative estimate of drug-likeness (QED) is 0.838. The Hall–Kier alpha value is -2.28. The topological polar surface area (TPSA) is 75.9 Å². The van der Waals surface area contributed by atoms with Crippen LogP contribution in [-0.4, -0.2) is 49.7 Å². The van der Waals surface area contributed by atoms with Crippen molar-refractivity contribution >= 4 is 5.91 Å². The van der Waals surface area contributed by atoms with E-state index in [1.807, 2.05) is 22.9 Å². The van der Waals surface area contributed by atoms with Crippen LogP contribution in [0, 0.1) is 0 Å². The average molecular weight is 300 g/mol. The molecule has 0 bridgehead atoms. The molecule has 3 heterocycles. The van der Waals surface area contributed by atoms with E-state index in [1.165, 1.54) is 0 Å². The van der Waals surface area contributed by atoms with Crippen LogP contribution in [0.2, 0.25) is 0 Å². The summed E-state index contributed by atoms with van der Waals surface area (Å²) in [6.07, 6.45) is 7.20. The van der Waals surface area contributed by atoms with Gasteiger partial charge in [0.15, 0.2) is 0 Å². The van der Waals surface area contributed by atoms with Crippen molar-refractivity contribution in [1.29, 1.82) is 0 Å². The zero-order chi connectivity index (χ0) is 15.2. The smallest absolute Gasteiger partial charge is 0.234 e. The Morgan fingerprint density at radius 3 is 3.14 bits per heavy atom. The van der Waals surface area contributed by atoms with Crippen LogP contribution >= 0.6 is 0 Å². The lowest BCUT2D eigenvalue weighted by atomic mass is 10.2. The van der Waals surface area contributed by atoms with Gasteiger partial charge in [0.1, 0.15) is 12.7 Å². The van der Waals surface area contributed by atoms with E-state index in [9.17, 15) is 4.79 Å². The predicted octanol–water partition coefficient (Wildman–Crippen LogP) is 0.454. The Kier molecular flexibility index (Phi) is 4.75. The summed E-state index contributed by atoms with van der Waals surface area (Å²) in [4.78, 5) is 22.5. The Morgan fingerprint density at radius 1 is 1.41 bits per heavy atom. The SMILES string of the molecule is O=C(CN1CCC[C@H]1Cn1cncn1)NCc1ccccn1. The number of aromatic nitrogens is 4. The fourth-order valence-electron chi connectivity index (χ4n) is 2.79. The molecule has 1 amide bonds. The molecule has 3 rings (SSSR count). The molecule has 1 fully saturated rings. The maximum Gasteiger partial charge on any atom is 0.234 e. The number of nitrogens with one attached hydrogen (secondary N) is 1. The standard InChI is InChI=1S/C15H20N6O/c22-15(18-8-13-4-1-2-6-17-13)10-20-7-3-5-14(20)9-21-12-16-11-19-21/h1-2,4,6,11-12,14H,3,5,7-10H2,(H,18,22)/t14-/m0/s1. The van der Waals surface area contributed by atoms with E-state index < -0.39 is 0 Å². The number of likely N-dealkylation sites (tertiary alicyclic amines) is 1. The second-order valence-corrected chi connectivity index (χ2v) is 5.48. The maximum atomic E-state index is 12.1. The van der Waals surface area contributed by atoms with Crippen LogP contribution in [0.25, 0.3) is 0 Å². The molecule has 1 aliphatic rings. The highest BCUT2D eigenvalue weighted by molar-refractivity contribution is 5.78. The molecule has 22 heavy (non-hydrogen) atoms. The molecule has 0 saturated carbocycles. The largest absolute Gasteiger partial charge is 0.349 e. The summed E-state index contributed by atoms with van der Waals surface area (Å²) >= 11 is 0. The number of pyridine rings is 1. The third kappa shape index (κ3) is 3.88. The van der Waals surface area contributed by atoms with Crippen molar-refractivity contribution in [2.75, 3.05) is 13.1 Å². The van der Waals surface area contributed by atoms with Gasteiger partial charge < -0.3 is 5.32 Å². The minimum Gasteiger partial charge on any atom is -0.349 e. The Balaban J connectivity index is 1.47. The van der Waals surface area contributed by atoms with Crippen molar-refractivity contribution in [3.63, 3.8) is 0 Å². The summed E-state index contributed by atoms with van der Waals surface area (Å²) in [6, 6.07) is 6.04. The van der Waals surface area contributed by atoms with Crippen LogP contribution < -0.4 is 5.32 Å². The summed E-state index contributed by atoms with van der Waals surface area (Å²) in [6.45, 7) is 2.64. The van der Waals surface area contributed by atoms with Crippen LogP contribution in [0.1, 0.15) is 18.5 Å². The van der Waals surface area contributed by atoms with Gasteiger partial charge in [-0.1, -0.05) is 6.07 Å². The van der Waals surface area contributed by atoms with Crippen molar-refractivity contribution in [3.05, 3.63) is 42.7 Å². The zero-order valence-electron chi connectivity index (χ0n) is 12.4. The van der Waals surface area contributed by atoms with Gasteiger partial charge in [-0.15, -0.1) is 0 Å². The summed E-state index contributed by atoms with van der Waals surface area (Å²) in [5, 5.41) is 7.07. The first-order valence-corrected chi connectivity index (χ1v) is 7.54. The van der Waals surface area contributed by atoms with E-state index in [-0.39, 0.29) is 5.91 Å². The van der Waals surface area contributed by atoms with Crippen LogP contribution in [0.3, 0.4) is 0 Å². The lowest BCUT2D eigenvalue weighted by molar-refractivity contribution is -0.122. The summed E-state index contributed by atoms with van der Waals surface area (Å²) < 4.78 is 1.83. The van der Waals surface area contributed by atoms with Crippen molar-refractivity contribution < 1.29 is 4.79 Å². The van der Waals surface area contributed by atoms with Gasteiger partial charge in [-0.05, 0) is 31.5 Å². The monoisotopic (exact) mass is 300 g/mol. The average Bonchev–Trinajstić information content (AvgIpc) is 3.20. The highest BCUT2D eigenvalue weighted by Gasteiger charge is 2.26. The molecular formula is C15H20N6O. The Morgan fingerprint density at radius 2 is 2.36 bits per heavy atom. The second-order valence-electron chi connectivity index (χ2n) is 5.48. The highest BCUT2D eigenvalue weighted by atomic mass is 16.2. The zero-order valence-corrected chi connectivity index (χ0v) is 12.4. The fourth-order valence-corrected chi connectivity index (χ4v) is 2.79. The first-order valence-electron chi connectivity index (χ1n) is 7.54. The molecule has 2 aromatic heterocycles. The molecule has 0 unspecified atom stereocenters. The summed E-state index contributed by atoms with van der Waals surface area (Å²) in [5.41, 5.74) is 0.872. The van der Waals surface area contributed by atoms with Crippen LogP contribution in [-0.2, 0) is 17.9 Å². The van der Waals surface area contributed by atoms with Crippen molar-refractivity contribution in [3.8, 4) is 0 Å². The molecule has 1 atom stereocenters. The van der Waals surface area contributed by atoms with Crippen LogP contribution in [0.5, 0.6) is 0 Å². The normalized spacial score (nSPS) is 18.5. The molecule has 1 N–H and O–H groups in total. The minimum absolute atomic E-state index is 0.0381. The first kappa shape index (κ1) is 14.6. The minimum atomic E-state index is 0.0381. The van der Waals surface area contributed by atoms with Gasteiger partial charge in [0.05, 0.1) is 25.3 Å². The van der Waals surface area contributed by atoms with Crippen LogP contribution in [0.4, 0.5) is 0 Å². The van der Waals surface area contributed by atoms with E-state index >= 15 is 0 Å². The molecular weight excluding hydrogens is 280 g/mol. The molecule has 116 valence electrons. The molecule has 0 spiro atoms. The number of carbonyl (C=O) groups is 1. The Bertz CT molecular complexity index is 585. The molecule has 1 aliphatic heterocycles. The van der Waals surface area contributed by atoms with Gasteiger partial charge in [0, 0.05) is 12.2 Å². The summed E-state index contributed by atoms with van der Waals surface area (Å²) in [7, 11) is 0. The summed E-state index contributed by atoms with van der Waals surface area (Å²) in [5.74, 6) is 0.0381. The number of nitrogens with zero attached hydrogens (tertiary/aromatic N) is 5. The third-order valence-electron chi connectivity index (χ3n) is 3.90. The van der Waals surface area contributed by atoms with Gasteiger partial charge in [0.2, 0.25) is 5.91 Å². The predicted molar refractivity (Wildman–Crippen MR) is 80.7 cm³/mol. The van der Waals surface area contributed by atoms with Gasteiger partial charge in [-0.25, -0.2) is 4.98 Å². The van der Waals surface area contributed by atoms with E-state index in [1.54, 1.807) is 18.9 Å². The molecule has 2 aromatic rings. The lowest BCUT2D eigenvalue weighted by Crippen LogP contribution is -2.41.